The number of aromatic amines is 1. The maximum Gasteiger partial charge on any atom is 0.278 e. The Hall–Kier alpha value is -1.97. The standard InChI is InChI=1S/C15H20N4O9/c20-1-5-8(21)11(24)15(28-5)26-2-6-9(22)10(23)14(27-6)19-4-18-7-12(19)16-3-17-13(7)25/h3-6,8-11,14-15,20-24H,1-2H2,(H,16,17,25)/t5-,6-,8+,9-,10-,11-,14-,15?/m1/s1. The lowest BCUT2D eigenvalue weighted by Gasteiger charge is -2.20. The number of fused-ring (bicyclic) bond motifs is 1. The Labute approximate surface area is 156 Å². The third-order valence-corrected chi connectivity index (χ3v) is 4.90. The third kappa shape index (κ3) is 3.11. The van der Waals surface area contributed by atoms with E-state index in [2.05, 4.69) is 15.0 Å². The number of H-pyrrole nitrogens is 1. The van der Waals surface area contributed by atoms with Gasteiger partial charge in [-0.3, -0.25) is 9.36 Å². The van der Waals surface area contributed by atoms with Crippen LogP contribution in [0.25, 0.3) is 11.2 Å². The lowest BCUT2D eigenvalue weighted by molar-refractivity contribution is -0.190. The number of hydrogen-bond acceptors (Lipinski definition) is 11. The number of hydrogen-bond donors (Lipinski definition) is 6. The molecule has 13 nitrogen and oxygen atoms in total. The fourth-order valence-corrected chi connectivity index (χ4v) is 3.34. The van der Waals surface area contributed by atoms with E-state index in [1.54, 1.807) is 0 Å². The number of rotatable bonds is 5. The molecule has 2 aliphatic rings. The molecule has 2 saturated heterocycles. The SMILES string of the molecule is O=c1[nH]cnc2c1ncn2[C@@H]1O[C@H](COC2O[C@H](CO)[C@H](O)[C@H]2O)[C@@H](O)[C@H]1O. The Morgan fingerprint density at radius 3 is 2.54 bits per heavy atom. The van der Waals surface area contributed by atoms with Crippen LogP contribution in [-0.2, 0) is 14.2 Å². The molecule has 2 aromatic heterocycles. The van der Waals surface area contributed by atoms with Crippen LogP contribution in [0.5, 0.6) is 0 Å². The van der Waals surface area contributed by atoms with Gasteiger partial charge < -0.3 is 44.7 Å². The summed E-state index contributed by atoms with van der Waals surface area (Å²) in [7, 11) is 0. The van der Waals surface area contributed by atoms with Crippen molar-refractivity contribution >= 4 is 11.2 Å². The summed E-state index contributed by atoms with van der Waals surface area (Å²) in [5.41, 5.74) is -0.231. The fraction of sp³-hybridized carbons (Fsp3) is 0.667. The average Bonchev–Trinajstić information content (AvgIpc) is 3.32. The van der Waals surface area contributed by atoms with Crippen LogP contribution in [0.15, 0.2) is 17.4 Å². The molecule has 0 bridgehead atoms. The van der Waals surface area contributed by atoms with Crippen LogP contribution >= 0.6 is 0 Å². The van der Waals surface area contributed by atoms with Crippen molar-refractivity contribution < 1.29 is 39.7 Å². The van der Waals surface area contributed by atoms with Crippen LogP contribution in [0.3, 0.4) is 0 Å². The highest BCUT2D eigenvalue weighted by Gasteiger charge is 2.47. The highest BCUT2D eigenvalue weighted by atomic mass is 16.7. The van der Waals surface area contributed by atoms with E-state index in [0.717, 1.165) is 0 Å². The van der Waals surface area contributed by atoms with E-state index in [1.165, 1.54) is 17.2 Å². The van der Waals surface area contributed by atoms with Crippen molar-refractivity contribution in [3.05, 3.63) is 23.0 Å². The number of aromatic nitrogens is 4. The van der Waals surface area contributed by atoms with Gasteiger partial charge in [0.25, 0.3) is 5.56 Å². The molecule has 28 heavy (non-hydrogen) atoms. The topological polar surface area (TPSA) is 192 Å². The Balaban J connectivity index is 1.46. The van der Waals surface area contributed by atoms with E-state index in [1.807, 2.05) is 0 Å². The number of aliphatic hydroxyl groups excluding tert-OH is 5. The molecule has 6 N–H and O–H groups in total. The zero-order valence-corrected chi connectivity index (χ0v) is 14.4. The van der Waals surface area contributed by atoms with Gasteiger partial charge in [0.2, 0.25) is 0 Å². The largest absolute Gasteiger partial charge is 0.394 e. The summed E-state index contributed by atoms with van der Waals surface area (Å²) >= 11 is 0. The normalized spacial score (nSPS) is 38.5. The van der Waals surface area contributed by atoms with Gasteiger partial charge >= 0.3 is 0 Å². The van der Waals surface area contributed by atoms with Crippen LogP contribution in [0.4, 0.5) is 0 Å². The summed E-state index contributed by atoms with van der Waals surface area (Å²) in [4.78, 5) is 22.1. The lowest BCUT2D eigenvalue weighted by atomic mass is 10.1. The molecule has 154 valence electrons. The summed E-state index contributed by atoms with van der Waals surface area (Å²) in [5, 5.41) is 49.3. The van der Waals surface area contributed by atoms with Crippen LogP contribution in [0.1, 0.15) is 6.23 Å². The van der Waals surface area contributed by atoms with E-state index in [9.17, 15) is 25.2 Å². The van der Waals surface area contributed by atoms with Crippen molar-refractivity contribution in [2.24, 2.45) is 0 Å². The first-order chi connectivity index (χ1) is 13.4. The molecule has 2 fully saturated rings. The minimum absolute atomic E-state index is 0.0546. The fourth-order valence-electron chi connectivity index (χ4n) is 3.34. The van der Waals surface area contributed by atoms with E-state index in [0.29, 0.717) is 0 Å². The molecule has 1 unspecified atom stereocenters. The Morgan fingerprint density at radius 1 is 1.07 bits per heavy atom. The highest BCUT2D eigenvalue weighted by Crippen LogP contribution is 2.32. The van der Waals surface area contributed by atoms with Crippen LogP contribution in [0.2, 0.25) is 0 Å². The number of nitrogens with zero attached hydrogens (tertiary/aromatic N) is 3. The molecule has 2 aliphatic heterocycles. The molecule has 0 amide bonds. The highest BCUT2D eigenvalue weighted by molar-refractivity contribution is 5.68. The molecule has 0 radical (unpaired) electrons. The Bertz CT molecular complexity index is 888. The minimum atomic E-state index is -1.38. The quantitative estimate of drug-likeness (QED) is 0.288. The van der Waals surface area contributed by atoms with Gasteiger partial charge in [0.15, 0.2) is 23.7 Å². The summed E-state index contributed by atoms with van der Waals surface area (Å²) in [6, 6.07) is 0. The zero-order chi connectivity index (χ0) is 20.0. The lowest BCUT2D eigenvalue weighted by Crippen LogP contribution is -2.38. The van der Waals surface area contributed by atoms with Crippen molar-refractivity contribution in [1.82, 2.24) is 19.5 Å². The van der Waals surface area contributed by atoms with Gasteiger partial charge in [-0.1, -0.05) is 0 Å². The van der Waals surface area contributed by atoms with Gasteiger partial charge in [-0.05, 0) is 0 Å². The second kappa shape index (κ2) is 7.46. The summed E-state index contributed by atoms with van der Waals surface area (Å²) in [5.74, 6) is 0. The molecule has 2 aromatic rings. The number of aliphatic hydroxyl groups is 5. The Morgan fingerprint density at radius 2 is 1.82 bits per heavy atom. The Kier molecular flexibility index (Phi) is 5.15. The summed E-state index contributed by atoms with van der Waals surface area (Å²) in [6.45, 7) is -0.775. The molecule has 8 atom stereocenters. The van der Waals surface area contributed by atoms with E-state index >= 15 is 0 Å². The molecule has 13 heteroatoms. The maximum atomic E-state index is 11.8. The van der Waals surface area contributed by atoms with E-state index in [4.69, 9.17) is 19.3 Å². The van der Waals surface area contributed by atoms with Gasteiger partial charge in [0.05, 0.1) is 25.9 Å². The minimum Gasteiger partial charge on any atom is -0.394 e. The van der Waals surface area contributed by atoms with Gasteiger partial charge in [0, 0.05) is 0 Å². The molecule has 0 aliphatic carbocycles. The predicted octanol–water partition coefficient (Wildman–Crippen LogP) is -3.81. The van der Waals surface area contributed by atoms with Crippen LogP contribution in [0, 0.1) is 0 Å². The first-order valence-corrected chi connectivity index (χ1v) is 8.58. The van der Waals surface area contributed by atoms with Crippen LogP contribution < -0.4 is 5.56 Å². The molecular formula is C15H20N4O9. The van der Waals surface area contributed by atoms with Crippen molar-refractivity contribution in [1.29, 1.82) is 0 Å². The van der Waals surface area contributed by atoms with Gasteiger partial charge in [0.1, 0.15) is 36.6 Å². The van der Waals surface area contributed by atoms with Gasteiger partial charge in [-0.2, -0.15) is 0 Å². The molecular weight excluding hydrogens is 380 g/mol. The monoisotopic (exact) mass is 400 g/mol. The van der Waals surface area contributed by atoms with Crippen molar-refractivity contribution in [3.63, 3.8) is 0 Å². The predicted molar refractivity (Wildman–Crippen MR) is 87.8 cm³/mol. The van der Waals surface area contributed by atoms with Crippen LogP contribution in [-0.4, -0.2) is 101 Å². The summed E-state index contributed by atoms with van der Waals surface area (Å²) < 4.78 is 17.5. The van der Waals surface area contributed by atoms with E-state index < -0.39 is 61.3 Å². The average molecular weight is 400 g/mol. The zero-order valence-electron chi connectivity index (χ0n) is 14.4. The summed E-state index contributed by atoms with van der Waals surface area (Å²) in [6.07, 6.45) is -7.25. The second-order valence-electron chi connectivity index (χ2n) is 6.64. The molecule has 4 rings (SSSR count). The van der Waals surface area contributed by atoms with E-state index in [-0.39, 0.29) is 17.8 Å². The third-order valence-electron chi connectivity index (χ3n) is 4.90. The molecule has 4 heterocycles. The molecule has 0 spiro atoms. The van der Waals surface area contributed by atoms with Crippen molar-refractivity contribution in [2.45, 2.75) is 49.1 Å². The molecule has 0 aromatic carbocycles. The smallest absolute Gasteiger partial charge is 0.278 e. The number of ether oxygens (including phenoxy) is 3. The van der Waals surface area contributed by atoms with Crippen molar-refractivity contribution in [3.8, 4) is 0 Å². The molecule has 0 saturated carbocycles. The maximum absolute atomic E-state index is 11.8. The first kappa shape index (κ1) is 19.4. The van der Waals surface area contributed by atoms with Gasteiger partial charge in [-0.15, -0.1) is 0 Å². The van der Waals surface area contributed by atoms with Gasteiger partial charge in [-0.25, -0.2) is 9.97 Å². The first-order valence-electron chi connectivity index (χ1n) is 8.58. The number of nitrogens with one attached hydrogen (secondary N) is 1. The second-order valence-corrected chi connectivity index (χ2v) is 6.64. The number of imidazole rings is 1. The van der Waals surface area contributed by atoms with Crippen molar-refractivity contribution in [2.75, 3.05) is 13.2 Å².